The fourth-order valence-electron chi connectivity index (χ4n) is 11.2. The third-order valence-electron chi connectivity index (χ3n) is 14.6. The maximum Gasteiger partial charge on any atom is 0.194 e. The van der Waals surface area contributed by atoms with E-state index in [4.69, 9.17) is 41.5 Å². The highest BCUT2D eigenvalue weighted by Gasteiger charge is 2.24. The summed E-state index contributed by atoms with van der Waals surface area (Å²) in [6.07, 6.45) is 0. The van der Waals surface area contributed by atoms with Gasteiger partial charge in [0.15, 0.2) is 34.8 Å². The van der Waals surface area contributed by atoms with E-state index in [9.17, 15) is 0 Å². The first-order valence-electron chi connectivity index (χ1n) is 26.3. The minimum atomic E-state index is 0.518. The van der Waals surface area contributed by atoms with Gasteiger partial charge in [0.2, 0.25) is 0 Å². The van der Waals surface area contributed by atoms with Crippen LogP contribution in [-0.4, -0.2) is 54.0 Å². The Labute approximate surface area is 460 Å². The van der Waals surface area contributed by atoms with Crippen molar-refractivity contribution >= 4 is 49.3 Å². The third kappa shape index (κ3) is 8.29. The second-order valence-electron chi connectivity index (χ2n) is 19.8. The first kappa shape index (κ1) is 47.5. The van der Waals surface area contributed by atoms with Gasteiger partial charge in [-0.2, -0.15) is 0 Å². The average Bonchev–Trinajstić information content (AvgIpc) is 4.15. The Hall–Kier alpha value is -10.9. The first-order valence-corrected chi connectivity index (χ1v) is 26.3. The molecule has 0 aliphatic carbocycles. The Morgan fingerprint density at radius 2 is 0.650 bits per heavy atom. The number of benzene rings is 9. The van der Waals surface area contributed by atoms with E-state index in [0.29, 0.717) is 58.1 Å². The number of aryl methyl sites for hydroxylation is 4. The molecule has 0 atom stereocenters. The molecule has 0 N–H and O–H groups in total. The molecule has 0 radical (unpaired) electrons. The lowest BCUT2D eigenvalue weighted by atomic mass is 9.93. The fourth-order valence-corrected chi connectivity index (χ4v) is 11.2. The van der Waals surface area contributed by atoms with Crippen molar-refractivity contribution in [2.45, 2.75) is 27.7 Å². The molecule has 80 heavy (non-hydrogen) atoms. The van der Waals surface area contributed by atoms with Crippen LogP contribution in [0.25, 0.3) is 139 Å². The molecule has 0 saturated heterocycles. The molecule has 14 rings (SSSR count). The number of hydrogen-bond donors (Lipinski definition) is 0. The van der Waals surface area contributed by atoms with Crippen LogP contribution in [0.1, 0.15) is 23.3 Å². The Kier molecular flexibility index (Phi) is 11.5. The van der Waals surface area contributed by atoms with Gasteiger partial charge in [-0.3, -0.25) is 0 Å². The molecule has 0 saturated carbocycles. The second-order valence-corrected chi connectivity index (χ2v) is 19.8. The molecule has 0 fully saturated rings. The van der Waals surface area contributed by atoms with Crippen molar-refractivity contribution in [1.82, 2.24) is 54.0 Å². The van der Waals surface area contributed by atoms with Crippen molar-refractivity contribution in [3.8, 4) is 90.6 Å². The molecule has 378 valence electrons. The average molecular weight is 1030 g/mol. The van der Waals surface area contributed by atoms with Crippen LogP contribution < -0.4 is 0 Å². The number of rotatable bonds is 9. The molecule has 0 aliphatic heterocycles. The zero-order chi connectivity index (χ0) is 54.0. The maximum absolute atomic E-state index is 8.32. The van der Waals surface area contributed by atoms with Crippen molar-refractivity contribution in [2.75, 3.05) is 0 Å². The Morgan fingerprint density at radius 1 is 0.287 bits per heavy atom. The minimum Gasteiger partial charge on any atom is -0.309 e. The monoisotopic (exact) mass is 1030 g/mol. The minimum absolute atomic E-state index is 0.518. The summed E-state index contributed by atoms with van der Waals surface area (Å²) in [4.78, 5) is 47.7. The van der Waals surface area contributed by atoms with E-state index in [-0.39, 0.29) is 0 Å². The van der Waals surface area contributed by atoms with E-state index in [1.165, 1.54) is 0 Å². The second kappa shape index (κ2) is 19.3. The molecular formula is C68H46N12. The zero-order valence-corrected chi connectivity index (χ0v) is 44.0. The van der Waals surface area contributed by atoms with Gasteiger partial charge in [0.1, 0.15) is 23.3 Å². The van der Waals surface area contributed by atoms with Gasteiger partial charge >= 0.3 is 0 Å². The normalized spacial score (nSPS) is 11.5. The smallest absolute Gasteiger partial charge is 0.194 e. The van der Waals surface area contributed by atoms with Crippen molar-refractivity contribution < 1.29 is 0 Å². The number of fused-ring (bicyclic) bond motifs is 6. The molecule has 0 bridgehead atoms. The van der Waals surface area contributed by atoms with Crippen LogP contribution in [0.4, 0.5) is 5.69 Å². The van der Waals surface area contributed by atoms with Crippen LogP contribution >= 0.6 is 0 Å². The van der Waals surface area contributed by atoms with E-state index in [0.717, 1.165) is 105 Å². The van der Waals surface area contributed by atoms with E-state index < -0.39 is 0 Å². The van der Waals surface area contributed by atoms with Gasteiger partial charge in [0.05, 0.1) is 40.0 Å². The first-order chi connectivity index (χ1) is 39.2. The molecule has 5 aromatic heterocycles. The van der Waals surface area contributed by atoms with E-state index >= 15 is 0 Å². The molecule has 12 nitrogen and oxygen atoms in total. The van der Waals surface area contributed by atoms with Crippen molar-refractivity contribution in [1.29, 1.82) is 0 Å². The molecule has 0 amide bonds. The van der Waals surface area contributed by atoms with Crippen LogP contribution in [-0.2, 0) is 0 Å². The van der Waals surface area contributed by atoms with Crippen molar-refractivity contribution in [3.05, 3.63) is 241 Å². The van der Waals surface area contributed by atoms with Gasteiger partial charge in [0.25, 0.3) is 0 Å². The largest absolute Gasteiger partial charge is 0.309 e. The van der Waals surface area contributed by atoms with Gasteiger partial charge in [-0.05, 0) is 118 Å². The summed E-state index contributed by atoms with van der Waals surface area (Å²) in [5, 5.41) is 4.23. The summed E-state index contributed by atoms with van der Waals surface area (Å²) in [6.45, 7) is 15.9. The number of aromatic nitrogens is 11. The Morgan fingerprint density at radius 3 is 1.14 bits per heavy atom. The SMILES string of the molecule is [C-]#[N+]c1ccccc1-c1ccc(-n2c3ccccc3c3cc(-c4nc(C)nc(C)n4)ccc32)c(-c2cc(-c3nc(-c4ccccc4)nc(-c4ccccc4)n3)ccc2-n2c3ccccc3c3cc(-c4nc(C)nc(C)n4)ccc32)c1. The van der Waals surface area contributed by atoms with Crippen LogP contribution in [0.5, 0.6) is 0 Å². The summed E-state index contributed by atoms with van der Waals surface area (Å²) in [6, 6.07) is 71.0. The highest BCUT2D eigenvalue weighted by atomic mass is 15.1. The molecule has 14 aromatic rings. The lowest BCUT2D eigenvalue weighted by Crippen LogP contribution is -2.04. The molecule has 0 unspecified atom stereocenters. The molecule has 0 aliphatic rings. The van der Waals surface area contributed by atoms with Crippen molar-refractivity contribution in [3.63, 3.8) is 0 Å². The highest BCUT2D eigenvalue weighted by molar-refractivity contribution is 6.13. The van der Waals surface area contributed by atoms with Gasteiger partial charge in [-0.1, -0.05) is 127 Å². The van der Waals surface area contributed by atoms with Gasteiger partial charge in [-0.25, -0.2) is 49.7 Å². The molecule has 5 heterocycles. The fraction of sp³-hybridized carbons (Fsp3) is 0.0588. The van der Waals surface area contributed by atoms with Gasteiger partial charge in [-0.15, -0.1) is 0 Å². The number of para-hydroxylation sites is 3. The summed E-state index contributed by atoms with van der Waals surface area (Å²) in [5.74, 6) is 5.55. The Bertz CT molecular complexity index is 4740. The summed E-state index contributed by atoms with van der Waals surface area (Å²) >= 11 is 0. The third-order valence-corrected chi connectivity index (χ3v) is 14.6. The standard InChI is InChI=1S/C68H46N12/c1-40-70-41(2)73-66(72-40)47-29-33-60-53(37-47)51-23-13-16-26-58(51)79(60)62-32-28-46(50-22-12-15-25-57(50)69-5)36-55(62)56-39-49(68-77-64(44-18-8-6-9-19-44)76-65(78-68)45-20-10-7-11-21-45)31-35-63(56)80-59-27-17-14-24-52(59)54-38-48(30-34-61(54)80)67-74-42(3)71-43(4)75-67/h6-39H,1-4H3. The highest BCUT2D eigenvalue weighted by Crippen LogP contribution is 2.45. The molecule has 9 aromatic carbocycles. The van der Waals surface area contributed by atoms with Gasteiger partial charge in [0, 0.05) is 60.5 Å². The van der Waals surface area contributed by atoms with Crippen molar-refractivity contribution in [2.24, 2.45) is 0 Å². The lowest BCUT2D eigenvalue weighted by Gasteiger charge is -2.21. The van der Waals surface area contributed by atoms with E-state index in [1.54, 1.807) is 0 Å². The quantitative estimate of drug-likeness (QED) is 0.130. The predicted octanol–water partition coefficient (Wildman–Crippen LogP) is 15.9. The topological polar surface area (TPSA) is 130 Å². The van der Waals surface area contributed by atoms with Crippen LogP contribution in [0, 0.1) is 34.3 Å². The summed E-state index contributed by atoms with van der Waals surface area (Å²) in [5.41, 5.74) is 14.3. The van der Waals surface area contributed by atoms with E-state index in [1.807, 2.05) is 113 Å². The van der Waals surface area contributed by atoms with Crippen LogP contribution in [0.15, 0.2) is 206 Å². The maximum atomic E-state index is 8.32. The summed E-state index contributed by atoms with van der Waals surface area (Å²) in [7, 11) is 0. The zero-order valence-electron chi connectivity index (χ0n) is 44.0. The number of hydrogen-bond acceptors (Lipinski definition) is 9. The van der Waals surface area contributed by atoms with Crippen LogP contribution in [0.3, 0.4) is 0 Å². The van der Waals surface area contributed by atoms with Crippen LogP contribution in [0.2, 0.25) is 0 Å². The molecule has 12 heteroatoms. The molecular weight excluding hydrogens is 985 g/mol. The Balaban J connectivity index is 1.09. The van der Waals surface area contributed by atoms with E-state index in [2.05, 4.69) is 145 Å². The predicted molar refractivity (Wildman–Crippen MR) is 319 cm³/mol. The lowest BCUT2D eigenvalue weighted by molar-refractivity contribution is 0.928. The number of nitrogens with zero attached hydrogens (tertiary/aromatic N) is 12. The van der Waals surface area contributed by atoms with Gasteiger partial charge < -0.3 is 9.13 Å². The summed E-state index contributed by atoms with van der Waals surface area (Å²) < 4.78 is 4.71. The molecule has 0 spiro atoms.